The second-order valence-electron chi connectivity index (χ2n) is 11.2. The number of Topliss-reactive ketones (excluding diaryl/α,β-unsaturated/α-hetero) is 1. The zero-order valence-electron chi connectivity index (χ0n) is 26.6. The van der Waals surface area contributed by atoms with Gasteiger partial charge in [-0.15, -0.1) is 0 Å². The van der Waals surface area contributed by atoms with E-state index in [1.165, 1.54) is 18.6 Å². The molecule has 0 bridgehead atoms. The number of hydrogen-bond donors (Lipinski definition) is 2. The number of esters is 1. The fraction of sp³-hybridized carbons (Fsp3) is 0.471. The molecule has 4 rings (SSSR count). The lowest BCUT2D eigenvalue weighted by Gasteiger charge is -2.34. The third-order valence-corrected chi connectivity index (χ3v) is 7.82. The Morgan fingerprint density at radius 3 is 2.50 bits per heavy atom. The molecule has 9 nitrogen and oxygen atoms in total. The molecule has 12 heteroatoms. The van der Waals surface area contributed by atoms with Gasteiger partial charge in [-0.1, -0.05) is 18.9 Å². The number of piperidine rings is 1. The number of halogens is 3. The quantitative estimate of drug-likeness (QED) is 0.139. The van der Waals surface area contributed by atoms with Crippen LogP contribution in [0.4, 0.5) is 24.5 Å². The highest BCUT2D eigenvalue weighted by molar-refractivity contribution is 5.95. The van der Waals surface area contributed by atoms with E-state index in [-0.39, 0.29) is 36.1 Å². The molecule has 3 aromatic rings. The highest BCUT2D eigenvalue weighted by Gasteiger charge is 2.30. The largest absolute Gasteiger partial charge is 0.495 e. The van der Waals surface area contributed by atoms with E-state index in [0.29, 0.717) is 47.5 Å². The van der Waals surface area contributed by atoms with Gasteiger partial charge in [-0.3, -0.25) is 14.5 Å². The Morgan fingerprint density at radius 1 is 1.09 bits per heavy atom. The first-order valence-electron chi connectivity index (χ1n) is 15.3. The highest BCUT2D eigenvalue weighted by atomic mass is 19.4. The van der Waals surface area contributed by atoms with Gasteiger partial charge in [0.2, 0.25) is 0 Å². The molecule has 1 aliphatic rings. The number of hydrogen-bond acceptors (Lipinski definition) is 8. The van der Waals surface area contributed by atoms with Crippen molar-refractivity contribution in [2.75, 3.05) is 57.6 Å². The minimum absolute atomic E-state index is 0.0933. The van der Waals surface area contributed by atoms with Crippen molar-refractivity contribution in [3.05, 3.63) is 53.7 Å². The van der Waals surface area contributed by atoms with E-state index in [1.54, 1.807) is 50.4 Å². The van der Waals surface area contributed by atoms with Crippen LogP contribution in [0.25, 0.3) is 10.9 Å². The van der Waals surface area contributed by atoms with Crippen molar-refractivity contribution in [1.29, 1.82) is 0 Å². The van der Waals surface area contributed by atoms with Crippen molar-refractivity contribution < 1.29 is 37.0 Å². The smallest absolute Gasteiger partial charge is 0.406 e. The van der Waals surface area contributed by atoms with Crippen molar-refractivity contribution in [2.45, 2.75) is 58.0 Å². The number of carbonyl (C=O) groups excluding carboxylic acids is 2. The van der Waals surface area contributed by atoms with Gasteiger partial charge in [0.25, 0.3) is 0 Å². The number of likely N-dealkylation sites (tertiary alicyclic amines) is 1. The first-order valence-corrected chi connectivity index (χ1v) is 15.3. The number of ketones is 1. The Hall–Kier alpha value is -4.21. The van der Waals surface area contributed by atoms with E-state index >= 15 is 0 Å². The number of nitrogens with one attached hydrogen (secondary N) is 2. The molecule has 248 valence electrons. The average Bonchev–Trinajstić information content (AvgIpc) is 3.36. The summed E-state index contributed by atoms with van der Waals surface area (Å²) >= 11 is 0. The number of methoxy groups -OCH3 is 2. The predicted molar refractivity (Wildman–Crippen MR) is 171 cm³/mol. The second-order valence-corrected chi connectivity index (χ2v) is 11.2. The maximum Gasteiger partial charge on any atom is 0.406 e. The van der Waals surface area contributed by atoms with Crippen LogP contribution >= 0.6 is 0 Å². The van der Waals surface area contributed by atoms with E-state index in [2.05, 4.69) is 27.4 Å². The Balaban J connectivity index is 1.47. The standard InChI is InChI=1S/C34H41F3N4O5/c1-5-33(43)46-27(21-44-3)20-40-16-13-25(14-17-40)39-29-9-6-10-31-28(29)19-26(41(31)22-34(35,36)37)8-7-15-38-30-12-11-24(23(2)42)18-32(30)45-4/h6,9-12,18-19,25,27,38-39H,5,13-17,20-22H2,1-4H3. The van der Waals surface area contributed by atoms with Crippen molar-refractivity contribution in [2.24, 2.45) is 0 Å². The Morgan fingerprint density at radius 2 is 1.85 bits per heavy atom. The summed E-state index contributed by atoms with van der Waals surface area (Å²) in [4.78, 5) is 25.7. The number of fused-ring (bicyclic) bond motifs is 1. The lowest BCUT2D eigenvalue weighted by Crippen LogP contribution is -2.44. The van der Waals surface area contributed by atoms with E-state index in [4.69, 9.17) is 14.2 Å². The molecule has 0 amide bonds. The van der Waals surface area contributed by atoms with Crippen LogP contribution in [-0.4, -0.2) is 86.5 Å². The first kappa shape index (κ1) is 34.7. The molecule has 0 saturated carbocycles. The van der Waals surface area contributed by atoms with Gasteiger partial charge < -0.3 is 29.4 Å². The molecular weight excluding hydrogens is 601 g/mol. The summed E-state index contributed by atoms with van der Waals surface area (Å²) in [6.45, 7) is 4.66. The first-order chi connectivity index (χ1) is 22.0. The average molecular weight is 643 g/mol. The van der Waals surface area contributed by atoms with Crippen LogP contribution < -0.4 is 15.4 Å². The molecule has 1 aromatic heterocycles. The molecule has 0 radical (unpaired) electrons. The van der Waals surface area contributed by atoms with Crippen molar-refractivity contribution in [3.63, 3.8) is 0 Å². The third-order valence-electron chi connectivity index (χ3n) is 7.82. The summed E-state index contributed by atoms with van der Waals surface area (Å²) in [5, 5.41) is 7.33. The van der Waals surface area contributed by atoms with Crippen LogP contribution in [0.15, 0.2) is 42.5 Å². The maximum atomic E-state index is 13.7. The molecule has 1 saturated heterocycles. The van der Waals surface area contributed by atoms with Crippen molar-refractivity contribution in [1.82, 2.24) is 9.47 Å². The number of nitrogens with zero attached hydrogens (tertiary/aromatic N) is 2. The van der Waals surface area contributed by atoms with E-state index < -0.39 is 12.7 Å². The zero-order valence-corrected chi connectivity index (χ0v) is 26.6. The summed E-state index contributed by atoms with van der Waals surface area (Å²) < 4.78 is 58.3. The highest BCUT2D eigenvalue weighted by Crippen LogP contribution is 2.31. The molecule has 1 atom stereocenters. The van der Waals surface area contributed by atoms with Crippen LogP contribution in [0, 0.1) is 11.8 Å². The summed E-state index contributed by atoms with van der Waals surface area (Å²) in [7, 11) is 3.07. The van der Waals surface area contributed by atoms with E-state index in [0.717, 1.165) is 31.6 Å². The Bertz CT molecular complexity index is 1570. The SMILES string of the molecule is CCC(=O)OC(COC)CN1CCC(Nc2cccc3c2cc(C#CCNc2ccc(C(C)=O)cc2OC)n3CC(F)(F)F)CC1. The third kappa shape index (κ3) is 9.40. The van der Waals surface area contributed by atoms with Crippen molar-refractivity contribution >= 4 is 34.0 Å². The van der Waals surface area contributed by atoms with Gasteiger partial charge >= 0.3 is 12.1 Å². The molecule has 2 aromatic carbocycles. The van der Waals surface area contributed by atoms with Crippen LogP contribution in [0.2, 0.25) is 0 Å². The van der Waals surface area contributed by atoms with Gasteiger partial charge in [-0.25, -0.2) is 0 Å². The number of ether oxygens (including phenoxy) is 3. The number of benzene rings is 2. The number of rotatable bonds is 13. The molecular formula is C34H41F3N4O5. The fourth-order valence-corrected chi connectivity index (χ4v) is 5.54. The number of anilines is 2. The lowest BCUT2D eigenvalue weighted by molar-refractivity contribution is -0.152. The van der Waals surface area contributed by atoms with Gasteiger partial charge in [-0.05, 0) is 62.1 Å². The number of carbonyl (C=O) groups is 2. The van der Waals surface area contributed by atoms with Gasteiger partial charge in [0, 0.05) is 55.8 Å². The summed E-state index contributed by atoms with van der Waals surface area (Å²) in [5.74, 6) is 5.97. The minimum atomic E-state index is -4.44. The summed E-state index contributed by atoms with van der Waals surface area (Å²) in [6, 6.07) is 12.1. The monoisotopic (exact) mass is 642 g/mol. The van der Waals surface area contributed by atoms with Gasteiger partial charge in [-0.2, -0.15) is 13.2 Å². The number of alkyl halides is 3. The molecule has 1 fully saturated rings. The molecule has 2 N–H and O–H groups in total. The van der Waals surface area contributed by atoms with Crippen LogP contribution in [0.1, 0.15) is 49.2 Å². The predicted octanol–water partition coefficient (Wildman–Crippen LogP) is 5.72. The second kappa shape index (κ2) is 15.9. The minimum Gasteiger partial charge on any atom is -0.495 e. The van der Waals surface area contributed by atoms with Gasteiger partial charge in [0.15, 0.2) is 5.78 Å². The summed E-state index contributed by atoms with van der Waals surface area (Å²) in [6.07, 6.45) is -2.84. The molecule has 1 aliphatic heterocycles. The summed E-state index contributed by atoms with van der Waals surface area (Å²) in [5.41, 5.74) is 2.57. The normalized spacial score (nSPS) is 14.8. The van der Waals surface area contributed by atoms with E-state index in [9.17, 15) is 22.8 Å². The zero-order chi connectivity index (χ0) is 33.3. The Kier molecular flexibility index (Phi) is 12.0. The Labute approximate surface area is 267 Å². The molecule has 0 aliphatic carbocycles. The van der Waals surface area contributed by atoms with Crippen LogP contribution in [-0.2, 0) is 20.8 Å². The molecule has 46 heavy (non-hydrogen) atoms. The van der Waals surface area contributed by atoms with Crippen LogP contribution in [0.5, 0.6) is 5.75 Å². The van der Waals surface area contributed by atoms with Gasteiger partial charge in [0.1, 0.15) is 18.4 Å². The number of aromatic nitrogens is 1. The topological polar surface area (TPSA) is 94.1 Å². The fourth-order valence-electron chi connectivity index (χ4n) is 5.54. The van der Waals surface area contributed by atoms with Crippen molar-refractivity contribution in [3.8, 4) is 17.6 Å². The molecule has 2 heterocycles. The van der Waals surface area contributed by atoms with E-state index in [1.807, 2.05) is 6.07 Å². The molecule has 0 spiro atoms. The molecule has 1 unspecified atom stereocenters. The maximum absolute atomic E-state index is 13.7. The lowest BCUT2D eigenvalue weighted by atomic mass is 10.0. The van der Waals surface area contributed by atoms with Crippen LogP contribution in [0.3, 0.4) is 0 Å². The van der Waals surface area contributed by atoms with Gasteiger partial charge in [0.05, 0.1) is 37.2 Å².